The largest absolute Gasteiger partial charge is 0.382 e. The summed E-state index contributed by atoms with van der Waals surface area (Å²) in [7, 11) is 1.66. The lowest BCUT2D eigenvalue weighted by molar-refractivity contribution is -0.122. The van der Waals surface area contributed by atoms with E-state index in [1.54, 1.807) is 7.11 Å². The third kappa shape index (κ3) is 10.5. The minimum Gasteiger partial charge on any atom is -0.382 e. The second-order valence-corrected chi connectivity index (χ2v) is 4.38. The van der Waals surface area contributed by atoms with E-state index < -0.39 is 0 Å². The molecule has 0 bridgehead atoms. The van der Waals surface area contributed by atoms with Gasteiger partial charge in [0.05, 0.1) is 13.2 Å². The molecule has 0 aliphatic rings. The minimum atomic E-state index is 0.104. The number of rotatable bonds is 12. The van der Waals surface area contributed by atoms with E-state index in [4.69, 9.17) is 15.2 Å². The number of nitrogens with one attached hydrogen (secondary N) is 1. The van der Waals surface area contributed by atoms with Gasteiger partial charge < -0.3 is 20.5 Å². The second-order valence-electron chi connectivity index (χ2n) is 4.38. The SMILES string of the molecule is CCC(CN)CC(=O)NCCCCOCCOC. The van der Waals surface area contributed by atoms with Crippen LogP contribution in [0, 0.1) is 5.92 Å². The molecule has 3 N–H and O–H groups in total. The maximum atomic E-state index is 11.5. The number of methoxy groups -OCH3 is 1. The molecule has 0 aromatic carbocycles. The van der Waals surface area contributed by atoms with Gasteiger partial charge in [0, 0.05) is 26.7 Å². The Morgan fingerprint density at radius 1 is 1.28 bits per heavy atom. The van der Waals surface area contributed by atoms with E-state index in [1.807, 2.05) is 0 Å². The quantitative estimate of drug-likeness (QED) is 0.512. The summed E-state index contributed by atoms with van der Waals surface area (Å²) >= 11 is 0. The van der Waals surface area contributed by atoms with Gasteiger partial charge in [0.1, 0.15) is 0 Å². The molecule has 1 amide bonds. The highest BCUT2D eigenvalue weighted by molar-refractivity contribution is 5.76. The zero-order valence-corrected chi connectivity index (χ0v) is 11.7. The van der Waals surface area contributed by atoms with Crippen LogP contribution < -0.4 is 11.1 Å². The van der Waals surface area contributed by atoms with Crippen LogP contribution in [0.2, 0.25) is 0 Å². The van der Waals surface area contributed by atoms with Crippen molar-refractivity contribution in [2.75, 3.05) is 40.0 Å². The highest BCUT2D eigenvalue weighted by Crippen LogP contribution is 2.05. The van der Waals surface area contributed by atoms with Gasteiger partial charge in [0.2, 0.25) is 5.91 Å². The molecule has 1 atom stereocenters. The predicted octanol–water partition coefficient (Wildman–Crippen LogP) is 0.921. The third-order valence-electron chi connectivity index (χ3n) is 2.85. The van der Waals surface area contributed by atoms with E-state index >= 15 is 0 Å². The average molecular weight is 260 g/mol. The summed E-state index contributed by atoms with van der Waals surface area (Å²) in [6.07, 6.45) is 3.39. The van der Waals surface area contributed by atoms with Crippen LogP contribution in [0.25, 0.3) is 0 Å². The fourth-order valence-electron chi connectivity index (χ4n) is 1.53. The number of carbonyl (C=O) groups is 1. The molecule has 0 rings (SSSR count). The molecule has 18 heavy (non-hydrogen) atoms. The first-order valence-electron chi connectivity index (χ1n) is 6.78. The number of hydrogen-bond donors (Lipinski definition) is 2. The van der Waals surface area contributed by atoms with E-state index in [-0.39, 0.29) is 5.91 Å². The number of amides is 1. The zero-order chi connectivity index (χ0) is 13.6. The van der Waals surface area contributed by atoms with Crippen molar-refractivity contribution in [2.45, 2.75) is 32.6 Å². The van der Waals surface area contributed by atoms with E-state index in [2.05, 4.69) is 12.2 Å². The standard InChI is InChI=1S/C13H28N2O3/c1-3-12(11-14)10-13(16)15-6-4-5-7-18-9-8-17-2/h12H,3-11,14H2,1-2H3,(H,15,16). The maximum Gasteiger partial charge on any atom is 0.220 e. The summed E-state index contributed by atoms with van der Waals surface area (Å²) in [5.41, 5.74) is 5.56. The fraction of sp³-hybridized carbons (Fsp3) is 0.923. The Labute approximate surface area is 110 Å². The van der Waals surface area contributed by atoms with Crippen LogP contribution >= 0.6 is 0 Å². The van der Waals surface area contributed by atoms with Gasteiger partial charge in [-0.05, 0) is 25.3 Å². The molecule has 0 heterocycles. The number of carbonyl (C=O) groups excluding carboxylic acids is 1. The highest BCUT2D eigenvalue weighted by atomic mass is 16.5. The summed E-state index contributed by atoms with van der Waals surface area (Å²) < 4.78 is 10.2. The predicted molar refractivity (Wildman–Crippen MR) is 72.4 cm³/mol. The molecule has 0 aromatic rings. The summed E-state index contributed by atoms with van der Waals surface area (Å²) in [5.74, 6) is 0.412. The molecule has 0 aromatic heterocycles. The van der Waals surface area contributed by atoms with Crippen LogP contribution in [-0.2, 0) is 14.3 Å². The normalized spacial score (nSPS) is 12.4. The molecule has 0 saturated carbocycles. The Kier molecular flexibility index (Phi) is 12.3. The number of unbranched alkanes of at least 4 members (excludes halogenated alkanes) is 1. The highest BCUT2D eigenvalue weighted by Gasteiger charge is 2.09. The van der Waals surface area contributed by atoms with Gasteiger partial charge in [-0.25, -0.2) is 0 Å². The number of hydrogen-bond acceptors (Lipinski definition) is 4. The van der Waals surface area contributed by atoms with Gasteiger partial charge in [-0.2, -0.15) is 0 Å². The summed E-state index contributed by atoms with van der Waals surface area (Å²) in [6, 6.07) is 0. The van der Waals surface area contributed by atoms with Crippen LogP contribution in [0.1, 0.15) is 32.6 Å². The molecular formula is C13H28N2O3. The monoisotopic (exact) mass is 260 g/mol. The van der Waals surface area contributed by atoms with Crippen molar-refractivity contribution in [3.63, 3.8) is 0 Å². The van der Waals surface area contributed by atoms with Crippen molar-refractivity contribution in [1.82, 2.24) is 5.32 Å². The molecular weight excluding hydrogens is 232 g/mol. The average Bonchev–Trinajstić information content (AvgIpc) is 2.39. The molecule has 5 nitrogen and oxygen atoms in total. The Morgan fingerprint density at radius 3 is 2.67 bits per heavy atom. The first-order valence-corrected chi connectivity index (χ1v) is 6.78. The maximum absolute atomic E-state index is 11.5. The van der Waals surface area contributed by atoms with Crippen molar-refractivity contribution in [1.29, 1.82) is 0 Å². The molecule has 0 aliphatic heterocycles. The van der Waals surface area contributed by atoms with Gasteiger partial charge in [0.15, 0.2) is 0 Å². The number of ether oxygens (including phenoxy) is 2. The van der Waals surface area contributed by atoms with Gasteiger partial charge in [0.25, 0.3) is 0 Å². The fourth-order valence-corrected chi connectivity index (χ4v) is 1.53. The van der Waals surface area contributed by atoms with E-state index in [1.165, 1.54) is 0 Å². The third-order valence-corrected chi connectivity index (χ3v) is 2.85. The van der Waals surface area contributed by atoms with Crippen molar-refractivity contribution >= 4 is 5.91 Å². The lowest BCUT2D eigenvalue weighted by Gasteiger charge is -2.11. The van der Waals surface area contributed by atoms with Crippen LogP contribution in [0.4, 0.5) is 0 Å². The van der Waals surface area contributed by atoms with Gasteiger partial charge in [-0.3, -0.25) is 4.79 Å². The van der Waals surface area contributed by atoms with Gasteiger partial charge >= 0.3 is 0 Å². The van der Waals surface area contributed by atoms with Crippen molar-refractivity contribution in [2.24, 2.45) is 11.7 Å². The number of nitrogens with two attached hydrogens (primary N) is 1. The van der Waals surface area contributed by atoms with Crippen LogP contribution in [-0.4, -0.2) is 45.9 Å². The molecule has 0 saturated heterocycles. The minimum absolute atomic E-state index is 0.104. The van der Waals surface area contributed by atoms with Gasteiger partial charge in [-0.1, -0.05) is 13.3 Å². The molecule has 0 radical (unpaired) electrons. The van der Waals surface area contributed by atoms with Crippen molar-refractivity contribution in [3.8, 4) is 0 Å². The van der Waals surface area contributed by atoms with Crippen LogP contribution in [0.15, 0.2) is 0 Å². The molecule has 0 spiro atoms. The van der Waals surface area contributed by atoms with Crippen molar-refractivity contribution < 1.29 is 14.3 Å². The second kappa shape index (κ2) is 12.8. The van der Waals surface area contributed by atoms with Crippen molar-refractivity contribution in [3.05, 3.63) is 0 Å². The zero-order valence-electron chi connectivity index (χ0n) is 11.7. The van der Waals surface area contributed by atoms with E-state index in [0.717, 1.165) is 25.9 Å². The van der Waals surface area contributed by atoms with Crippen LogP contribution in [0.3, 0.4) is 0 Å². The van der Waals surface area contributed by atoms with E-state index in [0.29, 0.717) is 38.6 Å². The Bertz CT molecular complexity index is 197. The van der Waals surface area contributed by atoms with Crippen LogP contribution in [0.5, 0.6) is 0 Å². The summed E-state index contributed by atoms with van der Waals surface area (Å²) in [4.78, 5) is 11.5. The smallest absolute Gasteiger partial charge is 0.220 e. The summed E-state index contributed by atoms with van der Waals surface area (Å²) in [5, 5.41) is 2.91. The van der Waals surface area contributed by atoms with Gasteiger partial charge in [-0.15, -0.1) is 0 Å². The first kappa shape index (κ1) is 17.4. The molecule has 0 fully saturated rings. The Hall–Kier alpha value is -0.650. The molecule has 5 heteroatoms. The Morgan fingerprint density at radius 2 is 2.06 bits per heavy atom. The lowest BCUT2D eigenvalue weighted by atomic mass is 10.0. The topological polar surface area (TPSA) is 73.6 Å². The summed E-state index contributed by atoms with van der Waals surface area (Å²) in [6.45, 7) is 5.35. The lowest BCUT2D eigenvalue weighted by Crippen LogP contribution is -2.28. The first-order chi connectivity index (χ1) is 8.74. The molecule has 1 unspecified atom stereocenters. The molecule has 0 aliphatic carbocycles. The van der Waals surface area contributed by atoms with E-state index in [9.17, 15) is 4.79 Å². The molecule has 108 valence electrons. The Balaban J connectivity index is 3.30.